The van der Waals surface area contributed by atoms with E-state index >= 15 is 0 Å². The first-order valence-corrected chi connectivity index (χ1v) is 7.44. The van der Waals surface area contributed by atoms with Crippen LogP contribution >= 0.6 is 11.3 Å². The monoisotopic (exact) mass is 278 g/mol. The molecule has 3 rings (SSSR count). The average Bonchev–Trinajstić information content (AvgIpc) is 2.96. The standard InChI is InChI=1S/C13H18N4OS/c1-8-4-3-5-13(14,6-8)12-16-11(18-17-12)10-7-15-9(2)19-10/h7-8H,3-6,14H2,1-2H3. The largest absolute Gasteiger partial charge is 0.333 e. The molecule has 0 bridgehead atoms. The lowest BCUT2D eigenvalue weighted by Gasteiger charge is -2.33. The number of thiazole rings is 1. The third-order valence-corrected chi connectivity index (χ3v) is 4.64. The van der Waals surface area contributed by atoms with Crippen LogP contribution in [0.3, 0.4) is 0 Å². The predicted octanol–water partition coefficient (Wildman–Crippen LogP) is 2.87. The molecule has 1 aliphatic rings. The molecule has 5 nitrogen and oxygen atoms in total. The Balaban J connectivity index is 1.88. The number of hydrogen-bond donors (Lipinski definition) is 1. The molecule has 2 atom stereocenters. The van der Waals surface area contributed by atoms with E-state index in [1.54, 1.807) is 17.5 Å². The van der Waals surface area contributed by atoms with Crippen LogP contribution in [0.2, 0.25) is 0 Å². The van der Waals surface area contributed by atoms with E-state index in [1.807, 2.05) is 6.92 Å². The van der Waals surface area contributed by atoms with Gasteiger partial charge in [-0.25, -0.2) is 4.98 Å². The number of nitrogens with zero attached hydrogens (tertiary/aromatic N) is 3. The van der Waals surface area contributed by atoms with Crippen molar-refractivity contribution < 1.29 is 4.52 Å². The predicted molar refractivity (Wildman–Crippen MR) is 73.6 cm³/mol. The average molecular weight is 278 g/mol. The van der Waals surface area contributed by atoms with Gasteiger partial charge in [-0.15, -0.1) is 11.3 Å². The Bertz CT molecular complexity index is 579. The highest BCUT2D eigenvalue weighted by molar-refractivity contribution is 7.14. The van der Waals surface area contributed by atoms with Crippen molar-refractivity contribution in [3.63, 3.8) is 0 Å². The van der Waals surface area contributed by atoms with Gasteiger partial charge >= 0.3 is 0 Å². The van der Waals surface area contributed by atoms with E-state index in [2.05, 4.69) is 22.0 Å². The van der Waals surface area contributed by atoms with Gasteiger partial charge in [0.25, 0.3) is 5.89 Å². The van der Waals surface area contributed by atoms with Crippen molar-refractivity contribution in [1.29, 1.82) is 0 Å². The van der Waals surface area contributed by atoms with Gasteiger partial charge in [-0.1, -0.05) is 24.9 Å². The molecule has 0 spiro atoms. The molecule has 0 aliphatic heterocycles. The zero-order valence-electron chi connectivity index (χ0n) is 11.2. The zero-order chi connectivity index (χ0) is 13.5. The van der Waals surface area contributed by atoms with Crippen molar-refractivity contribution in [2.24, 2.45) is 11.7 Å². The third kappa shape index (κ3) is 2.42. The van der Waals surface area contributed by atoms with Gasteiger partial charge in [0.05, 0.1) is 16.7 Å². The van der Waals surface area contributed by atoms with E-state index in [4.69, 9.17) is 10.3 Å². The van der Waals surface area contributed by atoms with Crippen molar-refractivity contribution in [2.75, 3.05) is 0 Å². The van der Waals surface area contributed by atoms with Crippen LogP contribution in [0.5, 0.6) is 0 Å². The van der Waals surface area contributed by atoms with Gasteiger partial charge in [0.15, 0.2) is 5.82 Å². The number of aromatic nitrogens is 3. The summed E-state index contributed by atoms with van der Waals surface area (Å²) in [6.45, 7) is 4.19. The molecule has 2 heterocycles. The van der Waals surface area contributed by atoms with E-state index in [0.29, 0.717) is 17.6 Å². The summed E-state index contributed by atoms with van der Waals surface area (Å²) in [5.41, 5.74) is 6.04. The molecule has 1 fully saturated rings. The second kappa shape index (κ2) is 4.68. The molecule has 0 aromatic carbocycles. The summed E-state index contributed by atoms with van der Waals surface area (Å²) in [7, 11) is 0. The van der Waals surface area contributed by atoms with Crippen molar-refractivity contribution in [3.8, 4) is 10.8 Å². The quantitative estimate of drug-likeness (QED) is 0.914. The molecule has 0 radical (unpaired) electrons. The van der Waals surface area contributed by atoms with Crippen LogP contribution in [0.4, 0.5) is 0 Å². The molecule has 1 saturated carbocycles. The second-order valence-electron chi connectivity index (χ2n) is 5.52. The topological polar surface area (TPSA) is 77.8 Å². The van der Waals surface area contributed by atoms with Gasteiger partial charge < -0.3 is 10.3 Å². The zero-order valence-corrected chi connectivity index (χ0v) is 12.0. The Kier molecular flexibility index (Phi) is 3.14. The van der Waals surface area contributed by atoms with E-state index in [0.717, 1.165) is 29.1 Å². The van der Waals surface area contributed by atoms with E-state index < -0.39 is 5.54 Å². The van der Waals surface area contributed by atoms with E-state index in [1.165, 1.54) is 6.42 Å². The molecule has 6 heteroatoms. The van der Waals surface area contributed by atoms with Crippen molar-refractivity contribution >= 4 is 11.3 Å². The molecule has 19 heavy (non-hydrogen) atoms. The van der Waals surface area contributed by atoms with E-state index in [9.17, 15) is 0 Å². The van der Waals surface area contributed by atoms with Crippen LogP contribution in [-0.4, -0.2) is 15.1 Å². The van der Waals surface area contributed by atoms with Gasteiger partial charge in [-0.05, 0) is 25.7 Å². The van der Waals surface area contributed by atoms with Gasteiger partial charge in [-0.2, -0.15) is 4.98 Å². The van der Waals surface area contributed by atoms with Gasteiger partial charge in [-0.3, -0.25) is 0 Å². The Morgan fingerprint density at radius 3 is 3.05 bits per heavy atom. The summed E-state index contributed by atoms with van der Waals surface area (Å²) >= 11 is 1.55. The summed E-state index contributed by atoms with van der Waals surface area (Å²) in [4.78, 5) is 9.60. The Morgan fingerprint density at radius 1 is 1.53 bits per heavy atom. The Labute approximate surface area is 116 Å². The molecular formula is C13H18N4OS. The summed E-state index contributed by atoms with van der Waals surface area (Å²) < 4.78 is 5.35. The van der Waals surface area contributed by atoms with Gasteiger partial charge in [0.1, 0.15) is 4.88 Å². The summed E-state index contributed by atoms with van der Waals surface area (Å²) in [5, 5.41) is 5.09. The molecule has 0 saturated heterocycles. The fourth-order valence-corrected chi connectivity index (χ4v) is 3.48. The molecule has 0 amide bonds. The minimum atomic E-state index is -0.431. The Hall–Kier alpha value is -1.27. The smallest absolute Gasteiger partial charge is 0.269 e. The summed E-state index contributed by atoms with van der Waals surface area (Å²) in [5.74, 6) is 1.79. The fraction of sp³-hybridized carbons (Fsp3) is 0.615. The number of aryl methyl sites for hydroxylation is 1. The Morgan fingerprint density at radius 2 is 2.37 bits per heavy atom. The third-order valence-electron chi connectivity index (χ3n) is 3.74. The van der Waals surface area contributed by atoms with Crippen LogP contribution in [0.1, 0.15) is 43.4 Å². The maximum absolute atomic E-state index is 6.47. The molecule has 2 aromatic heterocycles. The van der Waals surface area contributed by atoms with Gasteiger partial charge in [0, 0.05) is 0 Å². The van der Waals surface area contributed by atoms with Crippen molar-refractivity contribution in [3.05, 3.63) is 17.0 Å². The number of rotatable bonds is 2. The highest BCUT2D eigenvalue weighted by Gasteiger charge is 2.37. The minimum absolute atomic E-state index is 0.431. The first-order valence-electron chi connectivity index (χ1n) is 6.63. The van der Waals surface area contributed by atoms with Crippen LogP contribution in [0.25, 0.3) is 10.8 Å². The van der Waals surface area contributed by atoms with Crippen LogP contribution in [-0.2, 0) is 5.54 Å². The molecule has 2 N–H and O–H groups in total. The van der Waals surface area contributed by atoms with Crippen molar-refractivity contribution in [2.45, 2.75) is 45.1 Å². The highest BCUT2D eigenvalue weighted by Crippen LogP contribution is 2.37. The summed E-state index contributed by atoms with van der Waals surface area (Å²) in [6, 6.07) is 0. The number of hydrogen-bond acceptors (Lipinski definition) is 6. The summed E-state index contributed by atoms with van der Waals surface area (Å²) in [6.07, 6.45) is 5.98. The first-order chi connectivity index (χ1) is 9.07. The van der Waals surface area contributed by atoms with Crippen LogP contribution in [0, 0.1) is 12.8 Å². The first kappa shape index (κ1) is 12.7. The second-order valence-corrected chi connectivity index (χ2v) is 6.76. The molecular weight excluding hydrogens is 260 g/mol. The normalized spacial score (nSPS) is 27.6. The highest BCUT2D eigenvalue weighted by atomic mass is 32.1. The number of nitrogens with two attached hydrogens (primary N) is 1. The SMILES string of the molecule is Cc1ncc(-c2nc(C3(N)CCCC(C)C3)no2)s1. The van der Waals surface area contributed by atoms with Crippen LogP contribution < -0.4 is 5.73 Å². The maximum atomic E-state index is 6.47. The lowest BCUT2D eigenvalue weighted by atomic mass is 9.76. The molecule has 2 unspecified atom stereocenters. The minimum Gasteiger partial charge on any atom is -0.333 e. The lowest BCUT2D eigenvalue weighted by Crippen LogP contribution is -2.42. The fourth-order valence-electron chi connectivity index (χ4n) is 2.78. The van der Waals surface area contributed by atoms with Crippen molar-refractivity contribution in [1.82, 2.24) is 15.1 Å². The lowest BCUT2D eigenvalue weighted by molar-refractivity contribution is 0.222. The molecule has 2 aromatic rings. The van der Waals surface area contributed by atoms with Gasteiger partial charge in [0.2, 0.25) is 0 Å². The molecule has 102 valence electrons. The maximum Gasteiger partial charge on any atom is 0.269 e. The van der Waals surface area contributed by atoms with Crippen LogP contribution in [0.15, 0.2) is 10.7 Å². The molecule has 1 aliphatic carbocycles. The van der Waals surface area contributed by atoms with E-state index in [-0.39, 0.29) is 0 Å².